The first-order valence-corrected chi connectivity index (χ1v) is 9.37. The molecule has 2 aliphatic rings. The van der Waals surface area contributed by atoms with E-state index in [0.717, 1.165) is 18.9 Å². The first-order chi connectivity index (χ1) is 12.7. The lowest BCUT2D eigenvalue weighted by molar-refractivity contribution is 0.0696. The van der Waals surface area contributed by atoms with E-state index >= 15 is 0 Å². The van der Waals surface area contributed by atoms with E-state index in [1.165, 1.54) is 37.4 Å². The van der Waals surface area contributed by atoms with Gasteiger partial charge in [0.1, 0.15) is 5.82 Å². The minimum atomic E-state index is -0.943. The lowest BCUT2D eigenvalue weighted by Crippen LogP contribution is -2.45. The maximum Gasteiger partial charge on any atom is 0.337 e. The predicted molar refractivity (Wildman–Crippen MR) is 102 cm³/mol. The maximum atomic E-state index is 10.9. The molecule has 0 amide bonds. The average Bonchev–Trinajstić information content (AvgIpc) is 3.41. The van der Waals surface area contributed by atoms with Crippen LogP contribution in [0.5, 0.6) is 0 Å². The number of pyridine rings is 1. The number of aromatic carboxylic acids is 1. The van der Waals surface area contributed by atoms with Gasteiger partial charge >= 0.3 is 5.97 Å². The zero-order chi connectivity index (χ0) is 18.0. The van der Waals surface area contributed by atoms with E-state index in [4.69, 9.17) is 5.11 Å². The van der Waals surface area contributed by atoms with Gasteiger partial charge in [-0.2, -0.15) is 0 Å². The van der Waals surface area contributed by atoms with Crippen LogP contribution in [0.1, 0.15) is 47.5 Å². The topological polar surface area (TPSA) is 74.2 Å². The molecule has 2 aromatic rings. The molecule has 1 aromatic carbocycles. The molecule has 136 valence electrons. The molecule has 2 aliphatic carbocycles. The number of nitrogens with zero attached hydrogens (tertiary/aromatic N) is 1. The summed E-state index contributed by atoms with van der Waals surface area (Å²) < 4.78 is 0. The lowest BCUT2D eigenvalue weighted by Gasteiger charge is -2.42. The zero-order valence-electron chi connectivity index (χ0n) is 14.8. The number of anilines is 1. The van der Waals surface area contributed by atoms with Crippen LogP contribution in [0.2, 0.25) is 0 Å². The Balaban J connectivity index is 1.27. The van der Waals surface area contributed by atoms with E-state index in [2.05, 4.69) is 45.9 Å². The SMILES string of the molecule is O=C(O)c1ccc(NCC2(CN[C@H]3C[C@@H]3c3ccccc3)CCC2)nc1. The maximum absolute atomic E-state index is 10.9. The van der Waals surface area contributed by atoms with E-state index in [0.29, 0.717) is 12.0 Å². The number of rotatable bonds is 8. The third-order valence-electron chi connectivity index (χ3n) is 5.83. The summed E-state index contributed by atoms with van der Waals surface area (Å²) in [5, 5.41) is 16.1. The van der Waals surface area contributed by atoms with E-state index in [1.807, 2.05) is 0 Å². The molecular formula is C21H25N3O2. The van der Waals surface area contributed by atoms with Gasteiger partial charge in [0, 0.05) is 36.7 Å². The lowest BCUT2D eigenvalue weighted by atomic mass is 9.68. The molecule has 2 atom stereocenters. The van der Waals surface area contributed by atoms with E-state index in [1.54, 1.807) is 12.1 Å². The average molecular weight is 351 g/mol. The van der Waals surface area contributed by atoms with Gasteiger partial charge in [0.05, 0.1) is 5.56 Å². The van der Waals surface area contributed by atoms with Crippen molar-refractivity contribution in [3.05, 3.63) is 59.8 Å². The number of hydrogen-bond donors (Lipinski definition) is 3. The highest BCUT2D eigenvalue weighted by Crippen LogP contribution is 2.44. The van der Waals surface area contributed by atoms with Crippen LogP contribution < -0.4 is 10.6 Å². The summed E-state index contributed by atoms with van der Waals surface area (Å²) in [6.07, 6.45) is 6.37. The fraction of sp³-hybridized carbons (Fsp3) is 0.429. The molecule has 1 aromatic heterocycles. The van der Waals surface area contributed by atoms with Gasteiger partial charge in [-0.1, -0.05) is 36.8 Å². The summed E-state index contributed by atoms with van der Waals surface area (Å²) in [4.78, 5) is 15.1. The van der Waals surface area contributed by atoms with Crippen LogP contribution in [0.3, 0.4) is 0 Å². The third kappa shape index (κ3) is 3.73. The summed E-state index contributed by atoms with van der Waals surface area (Å²) in [7, 11) is 0. The highest BCUT2D eigenvalue weighted by atomic mass is 16.4. The largest absolute Gasteiger partial charge is 0.478 e. The van der Waals surface area contributed by atoms with Gasteiger partial charge in [0.25, 0.3) is 0 Å². The molecule has 2 fully saturated rings. The summed E-state index contributed by atoms with van der Waals surface area (Å²) in [5.41, 5.74) is 1.95. The predicted octanol–water partition coefficient (Wildman–Crippen LogP) is 3.51. The van der Waals surface area contributed by atoms with Crippen molar-refractivity contribution >= 4 is 11.8 Å². The smallest absolute Gasteiger partial charge is 0.337 e. The highest BCUT2D eigenvalue weighted by Gasteiger charge is 2.42. The van der Waals surface area contributed by atoms with Gasteiger partial charge in [-0.15, -0.1) is 0 Å². The van der Waals surface area contributed by atoms with Crippen LogP contribution >= 0.6 is 0 Å². The summed E-state index contributed by atoms with van der Waals surface area (Å²) in [6.45, 7) is 1.91. The second-order valence-corrected chi connectivity index (χ2v) is 7.68. The third-order valence-corrected chi connectivity index (χ3v) is 5.83. The molecule has 0 bridgehead atoms. The standard InChI is InChI=1S/C21H25N3O2/c25-20(26)16-7-8-19(22-12-16)24-14-21(9-4-10-21)13-23-18-11-17(18)15-5-2-1-3-6-15/h1-3,5-8,12,17-18,23H,4,9-11,13-14H2,(H,22,24)(H,25,26)/t17-,18+/m1/s1. The van der Waals surface area contributed by atoms with Gasteiger partial charge in [-0.3, -0.25) is 0 Å². The van der Waals surface area contributed by atoms with Crippen molar-refractivity contribution in [1.82, 2.24) is 10.3 Å². The summed E-state index contributed by atoms with van der Waals surface area (Å²) >= 11 is 0. The Morgan fingerprint density at radius 2 is 1.96 bits per heavy atom. The summed E-state index contributed by atoms with van der Waals surface area (Å²) in [6, 6.07) is 14.7. The van der Waals surface area contributed by atoms with Crippen molar-refractivity contribution in [3.8, 4) is 0 Å². The van der Waals surface area contributed by atoms with Gasteiger partial charge in [0.2, 0.25) is 0 Å². The fourth-order valence-corrected chi connectivity index (χ4v) is 3.83. The number of carbonyl (C=O) groups is 1. The highest BCUT2D eigenvalue weighted by molar-refractivity contribution is 5.87. The second-order valence-electron chi connectivity index (χ2n) is 7.68. The van der Waals surface area contributed by atoms with Gasteiger partial charge < -0.3 is 15.7 Å². The molecule has 4 rings (SSSR count). The molecule has 0 spiro atoms. The number of carboxylic acid groups (broad SMARTS) is 1. The zero-order valence-corrected chi connectivity index (χ0v) is 14.8. The molecule has 5 nitrogen and oxygen atoms in total. The Labute approximate surface area is 153 Å². The molecule has 3 N–H and O–H groups in total. The first-order valence-electron chi connectivity index (χ1n) is 9.37. The van der Waals surface area contributed by atoms with E-state index in [-0.39, 0.29) is 11.0 Å². The Hall–Kier alpha value is -2.40. The van der Waals surface area contributed by atoms with E-state index < -0.39 is 5.97 Å². The first kappa shape index (κ1) is 17.0. The van der Waals surface area contributed by atoms with Crippen LogP contribution in [-0.4, -0.2) is 35.2 Å². The summed E-state index contributed by atoms with van der Waals surface area (Å²) in [5.74, 6) is 0.461. The van der Waals surface area contributed by atoms with Gasteiger partial charge in [-0.25, -0.2) is 9.78 Å². The Morgan fingerprint density at radius 1 is 1.15 bits per heavy atom. The molecule has 0 aliphatic heterocycles. The van der Waals surface area contributed by atoms with Crippen LogP contribution in [0.4, 0.5) is 5.82 Å². The molecule has 0 radical (unpaired) electrons. The van der Waals surface area contributed by atoms with Gasteiger partial charge in [0.15, 0.2) is 0 Å². The number of benzene rings is 1. The molecule has 26 heavy (non-hydrogen) atoms. The van der Waals surface area contributed by atoms with E-state index in [9.17, 15) is 4.79 Å². The Morgan fingerprint density at radius 3 is 2.58 bits per heavy atom. The van der Waals surface area contributed by atoms with Crippen LogP contribution in [-0.2, 0) is 0 Å². The normalized spacial score (nSPS) is 23.1. The monoisotopic (exact) mass is 351 g/mol. The van der Waals surface area contributed by atoms with Crippen LogP contribution in [0, 0.1) is 5.41 Å². The molecule has 0 saturated heterocycles. The second kappa shape index (κ2) is 7.08. The van der Waals surface area contributed by atoms with Crippen molar-refractivity contribution in [3.63, 3.8) is 0 Å². The molecule has 2 saturated carbocycles. The molecule has 1 heterocycles. The minimum Gasteiger partial charge on any atom is -0.478 e. The van der Waals surface area contributed by atoms with Crippen molar-refractivity contribution in [2.45, 2.75) is 37.6 Å². The van der Waals surface area contributed by atoms with Gasteiger partial charge in [-0.05, 0) is 37.0 Å². The number of aromatic nitrogens is 1. The molecule has 5 heteroatoms. The minimum absolute atomic E-state index is 0.219. The van der Waals surface area contributed by atoms with Crippen molar-refractivity contribution in [1.29, 1.82) is 0 Å². The van der Waals surface area contributed by atoms with Crippen molar-refractivity contribution in [2.75, 3.05) is 18.4 Å². The van der Waals surface area contributed by atoms with Crippen LogP contribution in [0.25, 0.3) is 0 Å². The van der Waals surface area contributed by atoms with Crippen LogP contribution in [0.15, 0.2) is 48.7 Å². The number of hydrogen-bond acceptors (Lipinski definition) is 4. The molecule has 0 unspecified atom stereocenters. The molecular weight excluding hydrogens is 326 g/mol. The Kier molecular flexibility index (Phi) is 4.64. The fourth-order valence-electron chi connectivity index (χ4n) is 3.83. The quantitative estimate of drug-likeness (QED) is 0.679. The van der Waals surface area contributed by atoms with Crippen molar-refractivity contribution < 1.29 is 9.90 Å². The van der Waals surface area contributed by atoms with Crippen molar-refractivity contribution in [2.24, 2.45) is 5.41 Å². The number of carboxylic acids is 1. The number of nitrogens with one attached hydrogen (secondary N) is 2. The Bertz CT molecular complexity index is 757.